The lowest BCUT2D eigenvalue weighted by molar-refractivity contribution is -0.386. The maximum atomic E-state index is 3.52. The van der Waals surface area contributed by atoms with Gasteiger partial charge in [-0.05, 0) is 44.7 Å². The average molecular weight is 257 g/mol. The van der Waals surface area contributed by atoms with Crippen molar-refractivity contribution in [3.05, 3.63) is 39.4 Å². The smallest absolute Gasteiger partial charge is 0.209 e. The highest BCUT2D eigenvalue weighted by molar-refractivity contribution is 5.97. The van der Waals surface area contributed by atoms with Crippen molar-refractivity contribution < 1.29 is 4.99 Å². The second-order valence-electron chi connectivity index (χ2n) is 5.39. The SMILES string of the molecule is CCC1=C(C)C(C)=[NH+]C1=Cc1[nH]c(C)c(CC)c1C. The van der Waals surface area contributed by atoms with E-state index in [2.05, 4.69) is 57.6 Å². The number of allylic oxidation sites excluding steroid dienone is 2. The van der Waals surface area contributed by atoms with Gasteiger partial charge in [-0.1, -0.05) is 13.8 Å². The van der Waals surface area contributed by atoms with Gasteiger partial charge in [0, 0.05) is 35.5 Å². The summed E-state index contributed by atoms with van der Waals surface area (Å²) in [7, 11) is 0. The van der Waals surface area contributed by atoms with E-state index in [1.54, 1.807) is 0 Å². The van der Waals surface area contributed by atoms with Crippen molar-refractivity contribution in [1.82, 2.24) is 4.98 Å². The van der Waals surface area contributed by atoms with Gasteiger partial charge in [0.25, 0.3) is 0 Å². The highest BCUT2D eigenvalue weighted by Crippen LogP contribution is 2.23. The number of nitrogens with one attached hydrogen (secondary N) is 2. The summed E-state index contributed by atoms with van der Waals surface area (Å²) in [5.74, 6) is 0. The minimum atomic E-state index is 1.07. The first kappa shape index (κ1) is 13.9. The Bertz CT molecular complexity index is 595. The quantitative estimate of drug-likeness (QED) is 0.834. The van der Waals surface area contributed by atoms with E-state index in [0.29, 0.717) is 0 Å². The topological polar surface area (TPSA) is 29.8 Å². The summed E-state index contributed by atoms with van der Waals surface area (Å²) < 4.78 is 0. The lowest BCUT2D eigenvalue weighted by Crippen LogP contribution is -2.67. The van der Waals surface area contributed by atoms with Crippen molar-refractivity contribution in [2.75, 3.05) is 0 Å². The summed E-state index contributed by atoms with van der Waals surface area (Å²) in [6.45, 7) is 13.2. The molecule has 0 unspecified atom stereocenters. The fourth-order valence-corrected chi connectivity index (χ4v) is 3.01. The van der Waals surface area contributed by atoms with Crippen molar-refractivity contribution in [3.63, 3.8) is 0 Å². The van der Waals surface area contributed by atoms with Gasteiger partial charge in [0.2, 0.25) is 5.70 Å². The summed E-state index contributed by atoms with van der Waals surface area (Å²) in [4.78, 5) is 7.03. The summed E-state index contributed by atoms with van der Waals surface area (Å²) in [5.41, 5.74) is 10.7. The molecule has 0 atom stereocenters. The molecule has 1 aliphatic heterocycles. The Morgan fingerprint density at radius 1 is 1.05 bits per heavy atom. The van der Waals surface area contributed by atoms with Crippen molar-refractivity contribution in [1.29, 1.82) is 0 Å². The number of hydrogen-bond acceptors (Lipinski definition) is 0. The normalized spacial score (nSPS) is 17.6. The Hall–Kier alpha value is -1.57. The van der Waals surface area contributed by atoms with Gasteiger partial charge < -0.3 is 4.98 Å². The Morgan fingerprint density at radius 2 is 1.74 bits per heavy atom. The fraction of sp³-hybridized carbons (Fsp3) is 0.471. The largest absolute Gasteiger partial charge is 0.358 e. The van der Waals surface area contributed by atoms with Crippen molar-refractivity contribution in [2.45, 2.75) is 54.4 Å². The predicted octanol–water partition coefficient (Wildman–Crippen LogP) is 2.82. The average Bonchev–Trinajstić information content (AvgIpc) is 2.78. The molecule has 102 valence electrons. The first-order chi connectivity index (χ1) is 8.99. The van der Waals surface area contributed by atoms with Gasteiger partial charge in [-0.3, -0.25) is 0 Å². The van der Waals surface area contributed by atoms with Gasteiger partial charge in [-0.2, -0.15) is 0 Å². The van der Waals surface area contributed by atoms with Crippen LogP contribution >= 0.6 is 0 Å². The van der Waals surface area contributed by atoms with Crippen LogP contribution < -0.4 is 4.99 Å². The molecule has 1 aliphatic rings. The predicted molar refractivity (Wildman–Crippen MR) is 82.3 cm³/mol. The van der Waals surface area contributed by atoms with Crippen molar-refractivity contribution >= 4 is 11.8 Å². The van der Waals surface area contributed by atoms with Crippen LogP contribution in [-0.4, -0.2) is 10.7 Å². The van der Waals surface area contributed by atoms with Crippen LogP contribution in [0.15, 0.2) is 16.8 Å². The van der Waals surface area contributed by atoms with E-state index in [4.69, 9.17) is 0 Å². The Labute approximate surface area is 116 Å². The molecule has 0 fully saturated rings. The first-order valence-corrected chi connectivity index (χ1v) is 7.20. The number of hydrogen-bond donors (Lipinski definition) is 2. The zero-order chi connectivity index (χ0) is 14.2. The molecule has 2 nitrogen and oxygen atoms in total. The molecular weight excluding hydrogens is 232 g/mol. The van der Waals surface area contributed by atoms with Crippen LogP contribution in [0.3, 0.4) is 0 Å². The van der Waals surface area contributed by atoms with Gasteiger partial charge in [0.1, 0.15) is 0 Å². The van der Waals surface area contributed by atoms with Crippen LogP contribution in [0.1, 0.15) is 56.6 Å². The number of aryl methyl sites for hydroxylation is 1. The van der Waals surface area contributed by atoms with Crippen LogP contribution in [0.4, 0.5) is 0 Å². The van der Waals surface area contributed by atoms with Crippen LogP contribution in [0.25, 0.3) is 6.08 Å². The van der Waals surface area contributed by atoms with Crippen molar-refractivity contribution in [3.8, 4) is 0 Å². The third-order valence-electron chi connectivity index (χ3n) is 4.29. The van der Waals surface area contributed by atoms with Crippen LogP contribution in [0, 0.1) is 13.8 Å². The molecule has 0 aromatic carbocycles. The number of aromatic nitrogens is 1. The third kappa shape index (κ3) is 2.32. The van der Waals surface area contributed by atoms with Gasteiger partial charge >= 0.3 is 0 Å². The molecule has 0 aliphatic carbocycles. The third-order valence-corrected chi connectivity index (χ3v) is 4.29. The Balaban J connectivity index is 2.49. The van der Waals surface area contributed by atoms with Crippen LogP contribution in [0.5, 0.6) is 0 Å². The van der Waals surface area contributed by atoms with E-state index in [1.165, 1.54) is 45.1 Å². The molecule has 0 spiro atoms. The maximum absolute atomic E-state index is 3.52. The van der Waals surface area contributed by atoms with E-state index in [0.717, 1.165) is 12.8 Å². The molecule has 0 saturated carbocycles. The van der Waals surface area contributed by atoms with Gasteiger partial charge in [-0.15, -0.1) is 0 Å². The monoisotopic (exact) mass is 257 g/mol. The molecule has 0 amide bonds. The molecule has 1 aromatic rings. The second kappa shape index (κ2) is 5.20. The summed E-state index contributed by atoms with van der Waals surface area (Å²) in [6, 6.07) is 0. The molecule has 2 heterocycles. The second-order valence-corrected chi connectivity index (χ2v) is 5.39. The Morgan fingerprint density at radius 3 is 2.26 bits per heavy atom. The van der Waals surface area contributed by atoms with Gasteiger partial charge in [-0.25, -0.2) is 4.99 Å². The lowest BCUT2D eigenvalue weighted by Gasteiger charge is -1.98. The summed E-state index contributed by atoms with van der Waals surface area (Å²) in [5, 5.41) is 0. The molecule has 2 rings (SSSR count). The number of rotatable bonds is 3. The highest BCUT2D eigenvalue weighted by atomic mass is 14.8. The van der Waals surface area contributed by atoms with Crippen molar-refractivity contribution in [2.24, 2.45) is 0 Å². The minimum absolute atomic E-state index is 1.07. The minimum Gasteiger partial charge on any atom is -0.358 e. The zero-order valence-electron chi connectivity index (χ0n) is 13.0. The number of H-pyrrole nitrogens is 1. The van der Waals surface area contributed by atoms with E-state index in [-0.39, 0.29) is 0 Å². The van der Waals surface area contributed by atoms with E-state index >= 15 is 0 Å². The van der Waals surface area contributed by atoms with Crippen LogP contribution in [-0.2, 0) is 6.42 Å². The standard InChI is InChI=1S/C17H24N2/c1-7-14-11(4)16(19-13(14)6)9-17-15(8-2)10(3)12(5)18-17/h9,19H,7-8H2,1-6H3/p+1. The summed E-state index contributed by atoms with van der Waals surface area (Å²) in [6.07, 6.45) is 4.42. The molecular formula is C17H25N2+. The highest BCUT2D eigenvalue weighted by Gasteiger charge is 2.23. The van der Waals surface area contributed by atoms with E-state index in [9.17, 15) is 0 Å². The van der Waals surface area contributed by atoms with E-state index < -0.39 is 0 Å². The molecule has 2 N–H and O–H groups in total. The van der Waals surface area contributed by atoms with Crippen LogP contribution in [0.2, 0.25) is 0 Å². The molecule has 0 saturated heterocycles. The first-order valence-electron chi connectivity index (χ1n) is 7.20. The molecule has 0 bridgehead atoms. The fourth-order valence-electron chi connectivity index (χ4n) is 3.01. The van der Waals surface area contributed by atoms with Gasteiger partial charge in [0.15, 0.2) is 5.71 Å². The maximum Gasteiger partial charge on any atom is 0.209 e. The summed E-state index contributed by atoms with van der Waals surface area (Å²) >= 11 is 0. The van der Waals surface area contributed by atoms with E-state index in [1.807, 2.05) is 0 Å². The lowest BCUT2D eigenvalue weighted by atomic mass is 10.0. The zero-order valence-corrected chi connectivity index (χ0v) is 13.0. The Kier molecular flexibility index (Phi) is 3.79. The molecule has 1 aromatic heterocycles. The molecule has 19 heavy (non-hydrogen) atoms. The molecule has 0 radical (unpaired) electrons. The molecule has 2 heteroatoms. The number of aromatic amines is 1. The van der Waals surface area contributed by atoms with Gasteiger partial charge in [0.05, 0.1) is 0 Å².